The van der Waals surface area contributed by atoms with Crippen molar-refractivity contribution in [1.82, 2.24) is 20.3 Å². The van der Waals surface area contributed by atoms with Gasteiger partial charge in [0.2, 0.25) is 5.82 Å². The molecule has 0 saturated carbocycles. The van der Waals surface area contributed by atoms with E-state index in [2.05, 4.69) is 20.3 Å². The molecule has 0 bridgehead atoms. The number of nitrogens with zero attached hydrogens (tertiary/aromatic N) is 3. The third-order valence-electron chi connectivity index (χ3n) is 3.79. The topological polar surface area (TPSA) is 77.0 Å². The smallest absolute Gasteiger partial charge is 0.451 e. The summed E-state index contributed by atoms with van der Waals surface area (Å²) in [7, 11) is 1.46. The quantitative estimate of drug-likeness (QED) is 0.628. The molecule has 11 heteroatoms. The third-order valence-corrected chi connectivity index (χ3v) is 5.14. The van der Waals surface area contributed by atoms with E-state index in [1.54, 1.807) is 12.3 Å². The van der Waals surface area contributed by atoms with Crippen LogP contribution in [0.3, 0.4) is 0 Å². The molecule has 3 rings (SSSR count). The monoisotopic (exact) mass is 442 g/mol. The van der Waals surface area contributed by atoms with Crippen molar-refractivity contribution in [1.29, 1.82) is 0 Å². The Kier molecular flexibility index (Phi) is 6.04. The Balaban J connectivity index is 1.81. The van der Waals surface area contributed by atoms with Crippen LogP contribution in [-0.2, 0) is 12.7 Å². The molecule has 0 unspecified atom stereocenters. The number of aromatic nitrogens is 3. The molecule has 29 heavy (non-hydrogen) atoms. The van der Waals surface area contributed by atoms with Gasteiger partial charge in [0.1, 0.15) is 10.8 Å². The van der Waals surface area contributed by atoms with Crippen molar-refractivity contribution >= 4 is 28.8 Å². The lowest BCUT2D eigenvalue weighted by Gasteiger charge is -2.12. The van der Waals surface area contributed by atoms with Crippen molar-refractivity contribution < 1.29 is 22.7 Å². The standard InChI is InChI=1S/C18H14ClF3N4O2S/c1-9-5-24-16(29-9)13-4-11(28-2)3-12(14(13)19)15(27)23-6-10-7-25-17(26-8-10)18(20,21)22/h3-5,7-8H,6H2,1-2H3,(H,23,27). The Morgan fingerprint density at radius 2 is 1.90 bits per heavy atom. The lowest BCUT2D eigenvalue weighted by Crippen LogP contribution is -2.24. The zero-order valence-electron chi connectivity index (χ0n) is 15.2. The molecule has 2 aromatic heterocycles. The number of rotatable bonds is 5. The van der Waals surface area contributed by atoms with Crippen LogP contribution < -0.4 is 10.1 Å². The van der Waals surface area contributed by atoms with Gasteiger partial charge in [-0.25, -0.2) is 15.0 Å². The van der Waals surface area contributed by atoms with Gasteiger partial charge >= 0.3 is 6.18 Å². The van der Waals surface area contributed by atoms with Crippen LogP contribution in [0.2, 0.25) is 5.02 Å². The second kappa shape index (κ2) is 8.34. The van der Waals surface area contributed by atoms with E-state index in [1.165, 1.54) is 24.5 Å². The maximum Gasteiger partial charge on any atom is 0.451 e. The SMILES string of the molecule is COc1cc(C(=O)NCc2cnc(C(F)(F)F)nc2)c(Cl)c(-c2ncc(C)s2)c1. The molecule has 1 N–H and O–H groups in total. The summed E-state index contributed by atoms with van der Waals surface area (Å²) in [5, 5.41) is 3.42. The zero-order valence-corrected chi connectivity index (χ0v) is 16.7. The fourth-order valence-corrected chi connectivity index (χ4v) is 3.51. The molecule has 2 heterocycles. The van der Waals surface area contributed by atoms with E-state index < -0.39 is 17.9 Å². The van der Waals surface area contributed by atoms with Crippen LogP contribution in [0.15, 0.2) is 30.7 Å². The summed E-state index contributed by atoms with van der Waals surface area (Å²) >= 11 is 7.85. The van der Waals surface area contributed by atoms with E-state index in [9.17, 15) is 18.0 Å². The minimum absolute atomic E-state index is 0.0732. The number of hydrogen-bond acceptors (Lipinski definition) is 6. The molecule has 1 amide bonds. The molecular weight excluding hydrogens is 429 g/mol. The van der Waals surface area contributed by atoms with Crippen molar-refractivity contribution in [2.75, 3.05) is 7.11 Å². The van der Waals surface area contributed by atoms with E-state index in [0.29, 0.717) is 21.9 Å². The highest BCUT2D eigenvalue weighted by Crippen LogP contribution is 2.36. The third kappa shape index (κ3) is 4.83. The number of halogens is 4. The summed E-state index contributed by atoms with van der Waals surface area (Å²) in [5.41, 5.74) is 1.01. The van der Waals surface area contributed by atoms with Crippen LogP contribution in [0.25, 0.3) is 10.6 Å². The summed E-state index contributed by atoms with van der Waals surface area (Å²) in [4.78, 5) is 24.4. The van der Waals surface area contributed by atoms with Crippen LogP contribution >= 0.6 is 22.9 Å². The number of nitrogens with one attached hydrogen (secondary N) is 1. The summed E-state index contributed by atoms with van der Waals surface area (Å²) in [6.07, 6.45) is -0.916. The number of methoxy groups -OCH3 is 1. The van der Waals surface area contributed by atoms with Gasteiger partial charge in [0.25, 0.3) is 5.91 Å². The van der Waals surface area contributed by atoms with Gasteiger partial charge in [-0.2, -0.15) is 13.2 Å². The van der Waals surface area contributed by atoms with Gasteiger partial charge in [-0.15, -0.1) is 11.3 Å². The highest BCUT2D eigenvalue weighted by Gasteiger charge is 2.34. The van der Waals surface area contributed by atoms with Gasteiger partial charge in [-0.3, -0.25) is 4.79 Å². The number of ether oxygens (including phenoxy) is 1. The molecule has 0 atom stereocenters. The molecule has 152 valence electrons. The highest BCUT2D eigenvalue weighted by atomic mass is 35.5. The highest BCUT2D eigenvalue weighted by molar-refractivity contribution is 7.15. The van der Waals surface area contributed by atoms with Gasteiger partial charge in [0.05, 0.1) is 17.7 Å². The van der Waals surface area contributed by atoms with E-state index in [0.717, 1.165) is 17.3 Å². The van der Waals surface area contributed by atoms with Gasteiger partial charge in [0, 0.05) is 41.1 Å². The normalized spacial score (nSPS) is 11.4. The van der Waals surface area contributed by atoms with Gasteiger partial charge < -0.3 is 10.1 Å². The molecule has 0 saturated heterocycles. The van der Waals surface area contributed by atoms with Crippen LogP contribution in [0, 0.1) is 6.92 Å². The number of amides is 1. The number of alkyl halides is 3. The van der Waals surface area contributed by atoms with E-state index >= 15 is 0 Å². The predicted octanol–water partition coefficient (Wildman–Crippen LogP) is 4.52. The Bertz CT molecular complexity index is 1040. The second-order valence-electron chi connectivity index (χ2n) is 5.91. The first kappa shape index (κ1) is 21.0. The molecule has 1 aromatic carbocycles. The molecule has 0 aliphatic heterocycles. The molecule has 0 fully saturated rings. The van der Waals surface area contributed by atoms with Crippen LogP contribution in [0.1, 0.15) is 26.6 Å². The van der Waals surface area contributed by atoms with E-state index in [1.807, 2.05) is 6.92 Å². The van der Waals surface area contributed by atoms with Crippen LogP contribution in [-0.4, -0.2) is 28.0 Å². The molecule has 6 nitrogen and oxygen atoms in total. The first-order chi connectivity index (χ1) is 13.7. The fourth-order valence-electron chi connectivity index (χ4n) is 2.39. The molecular formula is C18H14ClF3N4O2S. The van der Waals surface area contributed by atoms with Crippen LogP contribution in [0.4, 0.5) is 13.2 Å². The fraction of sp³-hybridized carbons (Fsp3) is 0.222. The van der Waals surface area contributed by atoms with Crippen molar-refractivity contribution in [2.24, 2.45) is 0 Å². The van der Waals surface area contributed by atoms with Gasteiger partial charge in [0.15, 0.2) is 0 Å². The average Bonchev–Trinajstić information content (AvgIpc) is 3.12. The van der Waals surface area contributed by atoms with Crippen LogP contribution in [0.5, 0.6) is 5.75 Å². The number of benzene rings is 1. The summed E-state index contributed by atoms with van der Waals surface area (Å²) in [6, 6.07) is 3.16. The Hall–Kier alpha value is -2.72. The summed E-state index contributed by atoms with van der Waals surface area (Å²) in [5.74, 6) is -1.35. The number of aryl methyl sites for hydroxylation is 1. The Morgan fingerprint density at radius 3 is 2.45 bits per heavy atom. The number of carbonyl (C=O) groups is 1. The Morgan fingerprint density at radius 1 is 1.21 bits per heavy atom. The van der Waals surface area contributed by atoms with E-state index in [-0.39, 0.29) is 17.1 Å². The van der Waals surface area contributed by atoms with Crippen molar-refractivity contribution in [3.05, 3.63) is 57.6 Å². The lowest BCUT2D eigenvalue weighted by molar-refractivity contribution is -0.145. The van der Waals surface area contributed by atoms with Crippen molar-refractivity contribution in [3.8, 4) is 16.3 Å². The van der Waals surface area contributed by atoms with Crippen molar-refractivity contribution in [3.63, 3.8) is 0 Å². The first-order valence-electron chi connectivity index (χ1n) is 8.15. The lowest BCUT2D eigenvalue weighted by atomic mass is 10.1. The predicted molar refractivity (Wildman–Crippen MR) is 102 cm³/mol. The minimum atomic E-state index is -4.62. The van der Waals surface area contributed by atoms with Gasteiger partial charge in [-0.05, 0) is 19.1 Å². The number of hydrogen-bond donors (Lipinski definition) is 1. The largest absolute Gasteiger partial charge is 0.497 e. The minimum Gasteiger partial charge on any atom is -0.497 e. The summed E-state index contributed by atoms with van der Waals surface area (Å²) in [6.45, 7) is 1.82. The molecule has 0 spiro atoms. The average molecular weight is 443 g/mol. The maximum atomic E-state index is 12.6. The Labute approximate surface area is 172 Å². The molecule has 0 radical (unpaired) electrons. The number of carbonyl (C=O) groups excluding carboxylic acids is 1. The second-order valence-corrected chi connectivity index (χ2v) is 7.52. The van der Waals surface area contributed by atoms with Crippen molar-refractivity contribution in [2.45, 2.75) is 19.6 Å². The molecule has 3 aromatic rings. The molecule has 0 aliphatic carbocycles. The molecule has 0 aliphatic rings. The first-order valence-corrected chi connectivity index (χ1v) is 9.35. The zero-order chi connectivity index (χ0) is 21.2. The number of thiazole rings is 1. The van der Waals surface area contributed by atoms with Gasteiger partial charge in [-0.1, -0.05) is 11.6 Å². The summed E-state index contributed by atoms with van der Waals surface area (Å²) < 4.78 is 42.8. The maximum absolute atomic E-state index is 12.6. The van der Waals surface area contributed by atoms with E-state index in [4.69, 9.17) is 16.3 Å².